The summed E-state index contributed by atoms with van der Waals surface area (Å²) in [7, 11) is 0. The molecule has 1 amide bonds. The van der Waals surface area contributed by atoms with Gasteiger partial charge >= 0.3 is 0 Å². The fourth-order valence-corrected chi connectivity index (χ4v) is 3.46. The molecule has 3 fully saturated rings. The molecular formula is C16H22ClN3O. The predicted octanol–water partition coefficient (Wildman–Crippen LogP) is 3.19. The molecule has 1 atom stereocenters. The highest BCUT2D eigenvalue weighted by molar-refractivity contribution is 6.33. The van der Waals surface area contributed by atoms with Crippen molar-refractivity contribution in [2.24, 2.45) is 5.92 Å². The van der Waals surface area contributed by atoms with Gasteiger partial charge in [-0.05, 0) is 50.0 Å². The van der Waals surface area contributed by atoms with Crippen molar-refractivity contribution in [3.05, 3.63) is 23.2 Å². The molecule has 0 radical (unpaired) electrons. The number of nitrogens with one attached hydrogen (secondary N) is 2. The van der Waals surface area contributed by atoms with Crippen molar-refractivity contribution >= 4 is 28.9 Å². The van der Waals surface area contributed by atoms with Crippen molar-refractivity contribution in [3.8, 4) is 0 Å². The Kier molecular flexibility index (Phi) is 4.36. The van der Waals surface area contributed by atoms with E-state index >= 15 is 0 Å². The molecule has 2 bridgehead atoms. The molecule has 5 heteroatoms. The normalized spacial score (nSPS) is 27.4. The van der Waals surface area contributed by atoms with Crippen LogP contribution in [-0.4, -0.2) is 36.5 Å². The minimum atomic E-state index is 0.0195. The molecule has 4 nitrogen and oxygen atoms in total. The Bertz CT molecular complexity index is 526. The van der Waals surface area contributed by atoms with Crippen LogP contribution in [-0.2, 0) is 4.79 Å². The topological polar surface area (TPSA) is 44.4 Å². The monoisotopic (exact) mass is 307 g/mol. The van der Waals surface area contributed by atoms with E-state index in [0.717, 1.165) is 23.8 Å². The van der Waals surface area contributed by atoms with Crippen LogP contribution in [0.1, 0.15) is 26.2 Å². The maximum absolute atomic E-state index is 11.5. The molecule has 3 aliphatic rings. The second-order valence-electron chi connectivity index (χ2n) is 5.99. The summed E-state index contributed by atoms with van der Waals surface area (Å²) in [5.74, 6) is 0.756. The molecule has 3 aliphatic heterocycles. The summed E-state index contributed by atoms with van der Waals surface area (Å²) in [4.78, 5) is 14.0. The minimum absolute atomic E-state index is 0.0195. The highest BCUT2D eigenvalue weighted by Gasteiger charge is 2.34. The van der Waals surface area contributed by atoms with Crippen LogP contribution >= 0.6 is 11.6 Å². The number of hydrogen-bond acceptors (Lipinski definition) is 3. The molecule has 114 valence electrons. The first-order chi connectivity index (χ1) is 10.2. The quantitative estimate of drug-likeness (QED) is 0.898. The van der Waals surface area contributed by atoms with Gasteiger partial charge in [-0.3, -0.25) is 4.79 Å². The average molecular weight is 308 g/mol. The number of halogens is 1. The van der Waals surface area contributed by atoms with Crippen molar-refractivity contribution in [2.75, 3.05) is 30.3 Å². The molecule has 0 spiro atoms. The van der Waals surface area contributed by atoms with Crippen molar-refractivity contribution < 1.29 is 4.79 Å². The van der Waals surface area contributed by atoms with E-state index in [9.17, 15) is 4.79 Å². The lowest BCUT2D eigenvalue weighted by Gasteiger charge is -2.45. The second-order valence-corrected chi connectivity index (χ2v) is 6.39. The third kappa shape index (κ3) is 3.33. The third-order valence-corrected chi connectivity index (χ3v) is 4.90. The second kappa shape index (κ2) is 6.24. The Hall–Kier alpha value is -1.26. The first-order valence-corrected chi connectivity index (χ1v) is 8.12. The molecule has 0 saturated carbocycles. The molecular weight excluding hydrogens is 286 g/mol. The van der Waals surface area contributed by atoms with Crippen LogP contribution in [0.2, 0.25) is 5.02 Å². The zero-order valence-corrected chi connectivity index (χ0v) is 13.1. The average Bonchev–Trinajstić information content (AvgIpc) is 2.51. The first kappa shape index (κ1) is 14.7. The molecule has 2 N–H and O–H groups in total. The van der Waals surface area contributed by atoms with Crippen LogP contribution in [0.5, 0.6) is 0 Å². The lowest BCUT2D eigenvalue weighted by atomic mass is 9.84. The molecule has 4 rings (SSSR count). The number of benzene rings is 1. The number of fused-ring (bicyclic) bond motifs is 3. The third-order valence-electron chi connectivity index (χ3n) is 4.57. The molecule has 0 aromatic heterocycles. The summed E-state index contributed by atoms with van der Waals surface area (Å²) in [5.41, 5.74) is 1.72. The highest BCUT2D eigenvalue weighted by Crippen LogP contribution is 2.33. The van der Waals surface area contributed by atoms with E-state index in [1.165, 1.54) is 25.9 Å². The lowest BCUT2D eigenvalue weighted by molar-refractivity contribution is -0.115. The van der Waals surface area contributed by atoms with Crippen molar-refractivity contribution in [1.29, 1.82) is 0 Å². The molecule has 1 aromatic rings. The highest BCUT2D eigenvalue weighted by atomic mass is 35.5. The van der Waals surface area contributed by atoms with Gasteiger partial charge in [-0.15, -0.1) is 0 Å². The summed E-state index contributed by atoms with van der Waals surface area (Å²) in [6.45, 7) is 5.39. The predicted molar refractivity (Wildman–Crippen MR) is 86.9 cm³/mol. The van der Waals surface area contributed by atoms with Gasteiger partial charge in [-0.25, -0.2) is 0 Å². The molecule has 3 saturated heterocycles. The molecule has 21 heavy (non-hydrogen) atoms. The zero-order chi connectivity index (χ0) is 14.8. The number of hydrogen-bond donors (Lipinski definition) is 2. The van der Waals surface area contributed by atoms with Crippen molar-refractivity contribution in [1.82, 2.24) is 4.90 Å². The van der Waals surface area contributed by atoms with Gasteiger partial charge in [-0.1, -0.05) is 18.5 Å². The van der Waals surface area contributed by atoms with Crippen LogP contribution < -0.4 is 10.6 Å². The summed E-state index contributed by atoms with van der Waals surface area (Å²) in [6, 6.07) is 6.09. The first-order valence-electron chi connectivity index (χ1n) is 7.74. The number of nitrogens with zero attached hydrogens (tertiary/aromatic N) is 1. The number of carbonyl (C=O) groups is 1. The number of piperidine rings is 3. The van der Waals surface area contributed by atoms with E-state index in [0.29, 0.717) is 17.5 Å². The van der Waals surface area contributed by atoms with Crippen LogP contribution in [0.3, 0.4) is 0 Å². The minimum Gasteiger partial charge on any atom is -0.379 e. The summed E-state index contributed by atoms with van der Waals surface area (Å²) < 4.78 is 0. The number of amides is 1. The summed E-state index contributed by atoms with van der Waals surface area (Å²) >= 11 is 6.30. The zero-order valence-electron chi connectivity index (χ0n) is 12.4. The van der Waals surface area contributed by atoms with Crippen LogP contribution in [0.15, 0.2) is 18.2 Å². The largest absolute Gasteiger partial charge is 0.379 e. The number of anilines is 2. The van der Waals surface area contributed by atoms with Gasteiger partial charge in [-0.2, -0.15) is 0 Å². The van der Waals surface area contributed by atoms with Gasteiger partial charge in [0.25, 0.3) is 0 Å². The Balaban J connectivity index is 1.72. The van der Waals surface area contributed by atoms with Gasteiger partial charge in [0, 0.05) is 24.7 Å². The van der Waals surface area contributed by atoms with Gasteiger partial charge in [0.05, 0.1) is 10.7 Å². The standard InChI is InChI=1S/C16H22ClN3O/c1-2-16(21)18-12-3-4-13(17)14(9-12)19-15-10-20-7-5-11(15)6-8-20/h3-4,9,11,15,19H,2,5-8,10H2,1H3,(H,18,21). The Labute approximate surface area is 130 Å². The van der Waals surface area contributed by atoms with Gasteiger partial charge < -0.3 is 15.5 Å². The van der Waals surface area contributed by atoms with Crippen LogP contribution in [0.4, 0.5) is 11.4 Å². The number of rotatable bonds is 4. The van der Waals surface area contributed by atoms with Gasteiger partial charge in [0.2, 0.25) is 5.91 Å². The van der Waals surface area contributed by atoms with Gasteiger partial charge in [0.15, 0.2) is 0 Å². The summed E-state index contributed by atoms with van der Waals surface area (Å²) in [5, 5.41) is 7.18. The van der Waals surface area contributed by atoms with E-state index in [4.69, 9.17) is 11.6 Å². The molecule has 1 unspecified atom stereocenters. The molecule has 3 heterocycles. The Morgan fingerprint density at radius 2 is 2.14 bits per heavy atom. The maximum atomic E-state index is 11.5. The molecule has 0 aliphatic carbocycles. The lowest BCUT2D eigenvalue weighted by Crippen LogP contribution is -2.53. The van der Waals surface area contributed by atoms with Crippen LogP contribution in [0.25, 0.3) is 0 Å². The van der Waals surface area contributed by atoms with Crippen LogP contribution in [0, 0.1) is 5.92 Å². The van der Waals surface area contributed by atoms with E-state index < -0.39 is 0 Å². The fraction of sp³-hybridized carbons (Fsp3) is 0.562. The van der Waals surface area contributed by atoms with E-state index in [2.05, 4.69) is 15.5 Å². The Morgan fingerprint density at radius 1 is 1.38 bits per heavy atom. The SMILES string of the molecule is CCC(=O)Nc1ccc(Cl)c(NC2CN3CCC2CC3)c1. The van der Waals surface area contributed by atoms with E-state index in [-0.39, 0.29) is 5.91 Å². The van der Waals surface area contributed by atoms with Gasteiger partial charge in [0.1, 0.15) is 0 Å². The van der Waals surface area contributed by atoms with Crippen molar-refractivity contribution in [3.63, 3.8) is 0 Å². The van der Waals surface area contributed by atoms with Crippen molar-refractivity contribution in [2.45, 2.75) is 32.2 Å². The smallest absolute Gasteiger partial charge is 0.224 e. The fourth-order valence-electron chi connectivity index (χ4n) is 3.29. The maximum Gasteiger partial charge on any atom is 0.224 e. The van der Waals surface area contributed by atoms with E-state index in [1.54, 1.807) is 0 Å². The number of carbonyl (C=O) groups excluding carboxylic acids is 1. The summed E-state index contributed by atoms with van der Waals surface area (Å²) in [6.07, 6.45) is 3.01. The van der Waals surface area contributed by atoms with E-state index in [1.807, 2.05) is 25.1 Å². The Morgan fingerprint density at radius 3 is 2.76 bits per heavy atom. The molecule has 1 aromatic carbocycles.